The summed E-state index contributed by atoms with van der Waals surface area (Å²) in [7, 11) is 0. The molecule has 1 atom stereocenters. The van der Waals surface area contributed by atoms with Crippen LogP contribution in [0.4, 0.5) is 5.69 Å². The molecule has 0 spiro atoms. The minimum atomic E-state index is -0.725. The molecular formula is C13H16N2O5. The molecule has 1 aliphatic heterocycles. The second kappa shape index (κ2) is 5.46. The van der Waals surface area contributed by atoms with Crippen LogP contribution in [0.15, 0.2) is 18.2 Å². The quantitative estimate of drug-likeness (QED) is 0.646. The van der Waals surface area contributed by atoms with Crippen LogP contribution in [0.1, 0.15) is 30.1 Å². The van der Waals surface area contributed by atoms with Crippen molar-refractivity contribution in [1.82, 2.24) is 5.32 Å². The van der Waals surface area contributed by atoms with Crippen LogP contribution in [-0.4, -0.2) is 34.7 Å². The van der Waals surface area contributed by atoms with Crippen LogP contribution in [0.25, 0.3) is 0 Å². The van der Waals surface area contributed by atoms with E-state index >= 15 is 0 Å². The van der Waals surface area contributed by atoms with E-state index in [0.29, 0.717) is 13.2 Å². The first-order chi connectivity index (χ1) is 9.43. The topological polar surface area (TPSA) is 102 Å². The number of para-hydroxylation sites is 1. The molecule has 1 aliphatic rings. The number of carbonyl (C=O) groups excluding carboxylic acids is 1. The van der Waals surface area contributed by atoms with Crippen molar-refractivity contribution in [1.29, 1.82) is 0 Å². The summed E-state index contributed by atoms with van der Waals surface area (Å²) in [6.45, 7) is 2.89. The van der Waals surface area contributed by atoms with E-state index in [4.69, 9.17) is 4.74 Å². The fourth-order valence-electron chi connectivity index (χ4n) is 2.24. The molecule has 1 saturated heterocycles. The van der Waals surface area contributed by atoms with Crippen molar-refractivity contribution in [2.45, 2.75) is 25.3 Å². The van der Waals surface area contributed by atoms with Crippen LogP contribution in [0.3, 0.4) is 0 Å². The number of phenols is 1. The predicted octanol–water partition coefficient (Wildman–Crippen LogP) is 1.60. The van der Waals surface area contributed by atoms with Gasteiger partial charge in [0.2, 0.25) is 5.75 Å². The average Bonchev–Trinajstić information content (AvgIpc) is 2.38. The standard InChI is InChI=1S/C13H16N2O5/c1-13(6-3-7-20-8-13)14-12(17)9-4-2-5-10(11(9)16)15(18)19/h2,4-5,16H,3,6-8H2,1H3,(H,14,17). The van der Waals surface area contributed by atoms with Gasteiger partial charge in [0.15, 0.2) is 0 Å². The fourth-order valence-corrected chi connectivity index (χ4v) is 2.24. The van der Waals surface area contributed by atoms with E-state index in [-0.39, 0.29) is 5.56 Å². The summed E-state index contributed by atoms with van der Waals surface area (Å²) in [6, 6.07) is 3.87. The molecule has 1 fully saturated rings. The number of nitrogens with one attached hydrogen (secondary N) is 1. The highest BCUT2D eigenvalue weighted by atomic mass is 16.6. The Labute approximate surface area is 115 Å². The molecule has 0 saturated carbocycles. The Morgan fingerprint density at radius 2 is 2.30 bits per heavy atom. The molecule has 0 aromatic heterocycles. The lowest BCUT2D eigenvalue weighted by Gasteiger charge is -2.34. The number of nitro benzene ring substituents is 1. The van der Waals surface area contributed by atoms with Crippen molar-refractivity contribution >= 4 is 11.6 Å². The molecule has 2 rings (SSSR count). The van der Waals surface area contributed by atoms with Gasteiger partial charge in [-0.2, -0.15) is 0 Å². The van der Waals surface area contributed by atoms with E-state index in [1.807, 2.05) is 6.92 Å². The zero-order valence-electron chi connectivity index (χ0n) is 11.1. The molecule has 7 heteroatoms. The molecule has 7 nitrogen and oxygen atoms in total. The molecule has 0 radical (unpaired) electrons. The molecule has 20 heavy (non-hydrogen) atoms. The maximum absolute atomic E-state index is 12.2. The number of hydrogen-bond acceptors (Lipinski definition) is 5. The minimum Gasteiger partial charge on any atom is -0.502 e. The Kier molecular flexibility index (Phi) is 3.89. The molecule has 0 bridgehead atoms. The normalized spacial score (nSPS) is 22.2. The van der Waals surface area contributed by atoms with Crippen molar-refractivity contribution in [2.75, 3.05) is 13.2 Å². The smallest absolute Gasteiger partial charge is 0.311 e. The number of rotatable bonds is 3. The van der Waals surface area contributed by atoms with Crippen LogP contribution < -0.4 is 5.32 Å². The van der Waals surface area contributed by atoms with Gasteiger partial charge in [-0.05, 0) is 25.8 Å². The molecule has 1 unspecified atom stereocenters. The van der Waals surface area contributed by atoms with Crippen molar-refractivity contribution in [3.05, 3.63) is 33.9 Å². The third kappa shape index (κ3) is 2.88. The zero-order valence-corrected chi connectivity index (χ0v) is 11.1. The number of hydrogen-bond donors (Lipinski definition) is 2. The van der Waals surface area contributed by atoms with Crippen LogP contribution >= 0.6 is 0 Å². The van der Waals surface area contributed by atoms with E-state index in [1.165, 1.54) is 12.1 Å². The van der Waals surface area contributed by atoms with Gasteiger partial charge in [0, 0.05) is 12.7 Å². The van der Waals surface area contributed by atoms with Crippen molar-refractivity contribution in [2.24, 2.45) is 0 Å². The minimum absolute atomic E-state index is 0.106. The predicted molar refractivity (Wildman–Crippen MR) is 70.7 cm³/mol. The van der Waals surface area contributed by atoms with E-state index in [9.17, 15) is 20.0 Å². The number of phenolic OH excluding ortho intramolecular Hbond substituents is 1. The Morgan fingerprint density at radius 1 is 1.55 bits per heavy atom. The number of benzene rings is 1. The molecule has 108 valence electrons. The van der Waals surface area contributed by atoms with Gasteiger partial charge < -0.3 is 15.2 Å². The van der Waals surface area contributed by atoms with E-state index in [2.05, 4.69) is 5.32 Å². The van der Waals surface area contributed by atoms with Gasteiger partial charge in [-0.3, -0.25) is 14.9 Å². The summed E-state index contributed by atoms with van der Waals surface area (Å²) < 4.78 is 5.33. The number of amides is 1. The van der Waals surface area contributed by atoms with Gasteiger partial charge in [0.05, 0.1) is 22.6 Å². The van der Waals surface area contributed by atoms with Gasteiger partial charge in [0.1, 0.15) is 0 Å². The second-order valence-corrected chi connectivity index (χ2v) is 5.10. The number of aromatic hydroxyl groups is 1. The SMILES string of the molecule is CC1(NC(=O)c2cccc([N+](=O)[O-])c2O)CCCOC1. The van der Waals surface area contributed by atoms with Gasteiger partial charge in [0.25, 0.3) is 5.91 Å². The van der Waals surface area contributed by atoms with Crippen LogP contribution in [-0.2, 0) is 4.74 Å². The van der Waals surface area contributed by atoms with E-state index < -0.39 is 27.8 Å². The number of nitrogens with zero attached hydrogens (tertiary/aromatic N) is 1. The lowest BCUT2D eigenvalue weighted by Crippen LogP contribution is -2.51. The molecule has 1 aromatic carbocycles. The van der Waals surface area contributed by atoms with Gasteiger partial charge >= 0.3 is 5.69 Å². The van der Waals surface area contributed by atoms with Crippen molar-refractivity contribution in [3.63, 3.8) is 0 Å². The first kappa shape index (κ1) is 14.3. The lowest BCUT2D eigenvalue weighted by molar-refractivity contribution is -0.385. The summed E-state index contributed by atoms with van der Waals surface area (Å²) in [5, 5.41) is 23.3. The maximum Gasteiger partial charge on any atom is 0.311 e. The molecule has 0 aliphatic carbocycles. The number of nitro groups is 1. The van der Waals surface area contributed by atoms with Crippen LogP contribution in [0.5, 0.6) is 5.75 Å². The van der Waals surface area contributed by atoms with Gasteiger partial charge in [-0.25, -0.2) is 0 Å². The molecular weight excluding hydrogens is 264 g/mol. The third-order valence-electron chi connectivity index (χ3n) is 3.31. The van der Waals surface area contributed by atoms with E-state index in [1.54, 1.807) is 0 Å². The summed E-state index contributed by atoms with van der Waals surface area (Å²) in [6.07, 6.45) is 1.59. The highest BCUT2D eigenvalue weighted by molar-refractivity contribution is 5.98. The fraction of sp³-hybridized carbons (Fsp3) is 0.462. The first-order valence-corrected chi connectivity index (χ1v) is 6.29. The van der Waals surface area contributed by atoms with Gasteiger partial charge in [-0.15, -0.1) is 0 Å². The van der Waals surface area contributed by atoms with E-state index in [0.717, 1.165) is 18.9 Å². The molecule has 1 aromatic rings. The maximum atomic E-state index is 12.2. The largest absolute Gasteiger partial charge is 0.502 e. The number of ether oxygens (including phenoxy) is 1. The Balaban J connectivity index is 2.21. The highest BCUT2D eigenvalue weighted by Crippen LogP contribution is 2.30. The monoisotopic (exact) mass is 280 g/mol. The number of carbonyl (C=O) groups is 1. The zero-order chi connectivity index (χ0) is 14.8. The average molecular weight is 280 g/mol. The molecule has 2 N–H and O–H groups in total. The highest BCUT2D eigenvalue weighted by Gasteiger charge is 2.31. The summed E-state index contributed by atoms with van der Waals surface area (Å²) in [5.74, 6) is -1.16. The summed E-state index contributed by atoms with van der Waals surface area (Å²) in [4.78, 5) is 22.2. The third-order valence-corrected chi connectivity index (χ3v) is 3.31. The summed E-state index contributed by atoms with van der Waals surface area (Å²) >= 11 is 0. The van der Waals surface area contributed by atoms with Crippen LogP contribution in [0, 0.1) is 10.1 Å². The van der Waals surface area contributed by atoms with Gasteiger partial charge in [-0.1, -0.05) is 6.07 Å². The first-order valence-electron chi connectivity index (χ1n) is 6.29. The molecule has 1 heterocycles. The molecule has 1 amide bonds. The lowest BCUT2D eigenvalue weighted by atomic mass is 9.94. The summed E-state index contributed by atoms with van der Waals surface area (Å²) in [5.41, 5.74) is -1.11. The van der Waals surface area contributed by atoms with Crippen molar-refractivity contribution < 1.29 is 19.6 Å². The second-order valence-electron chi connectivity index (χ2n) is 5.10. The van der Waals surface area contributed by atoms with Crippen LogP contribution in [0.2, 0.25) is 0 Å². The van der Waals surface area contributed by atoms with Crippen molar-refractivity contribution in [3.8, 4) is 5.75 Å². The Hall–Kier alpha value is -2.15. The Bertz CT molecular complexity index is 538. The Morgan fingerprint density at radius 3 is 2.90 bits per heavy atom.